The summed E-state index contributed by atoms with van der Waals surface area (Å²) in [6, 6.07) is 45.1. The van der Waals surface area contributed by atoms with Crippen molar-refractivity contribution in [2.75, 3.05) is 0 Å². The molecule has 1 heteroatoms. The van der Waals surface area contributed by atoms with Gasteiger partial charge in [0.25, 0.3) is 0 Å². The van der Waals surface area contributed by atoms with Gasteiger partial charge >= 0.3 is 0 Å². The van der Waals surface area contributed by atoms with Crippen LogP contribution in [0.5, 0.6) is 0 Å². The third-order valence-corrected chi connectivity index (χ3v) is 6.54. The second kappa shape index (κ2) is 11.5. The smallest absolute Gasteiger partial charge is 0.0651 e. The van der Waals surface area contributed by atoms with Gasteiger partial charge in [0.2, 0.25) is 0 Å². The van der Waals surface area contributed by atoms with E-state index >= 15 is 0 Å². The van der Waals surface area contributed by atoms with E-state index in [0.29, 0.717) is 6.54 Å². The average molecular weight is 478 g/mol. The maximum Gasteiger partial charge on any atom is 0.0651 e. The van der Waals surface area contributed by atoms with Crippen molar-refractivity contribution >= 4 is 11.8 Å². The van der Waals surface area contributed by atoms with Gasteiger partial charge in [-0.3, -0.25) is 4.99 Å². The molecule has 0 aromatic heterocycles. The highest BCUT2D eigenvalue weighted by molar-refractivity contribution is 6.10. The largest absolute Gasteiger partial charge is 0.280 e. The number of hydrogen-bond acceptors (Lipinski definition) is 1. The molecule has 0 saturated carbocycles. The van der Waals surface area contributed by atoms with Crippen LogP contribution in [0, 0.1) is 13.8 Å². The van der Waals surface area contributed by atoms with E-state index in [4.69, 9.17) is 4.99 Å². The van der Waals surface area contributed by atoms with E-state index in [2.05, 4.69) is 147 Å². The Morgan fingerprint density at radius 1 is 0.568 bits per heavy atom. The summed E-state index contributed by atoms with van der Waals surface area (Å²) in [5.74, 6) is 0. The Morgan fingerprint density at radius 2 is 1.16 bits per heavy atom. The van der Waals surface area contributed by atoms with E-state index in [9.17, 15) is 0 Å². The second-order valence-corrected chi connectivity index (χ2v) is 9.46. The fourth-order valence-electron chi connectivity index (χ4n) is 4.36. The molecule has 0 unspecified atom stereocenters. The molecule has 0 aliphatic rings. The first-order valence-electron chi connectivity index (χ1n) is 12.8. The molecule has 0 bridgehead atoms. The first-order chi connectivity index (χ1) is 18.1. The molecule has 0 N–H and O–H groups in total. The van der Waals surface area contributed by atoms with Gasteiger partial charge < -0.3 is 0 Å². The molecule has 0 heterocycles. The molecule has 0 spiro atoms. The third-order valence-electron chi connectivity index (χ3n) is 6.54. The predicted molar refractivity (Wildman–Crippen MR) is 159 cm³/mol. The first kappa shape index (κ1) is 24.2. The van der Waals surface area contributed by atoms with Gasteiger partial charge in [-0.2, -0.15) is 0 Å². The lowest BCUT2D eigenvalue weighted by Gasteiger charge is -2.07. The van der Waals surface area contributed by atoms with E-state index in [0.717, 1.165) is 16.8 Å². The summed E-state index contributed by atoms with van der Waals surface area (Å²) < 4.78 is 0. The van der Waals surface area contributed by atoms with Crippen LogP contribution in [0.25, 0.3) is 28.3 Å². The number of allylic oxidation sites excluding steroid dienone is 1. The minimum absolute atomic E-state index is 0.634. The Morgan fingerprint density at radius 3 is 1.81 bits per heavy atom. The molecule has 1 nitrogen and oxygen atoms in total. The van der Waals surface area contributed by atoms with Crippen molar-refractivity contribution in [3.05, 3.63) is 161 Å². The monoisotopic (exact) mass is 477 g/mol. The summed E-state index contributed by atoms with van der Waals surface area (Å²) in [4.78, 5) is 5.03. The number of benzene rings is 5. The lowest BCUT2D eigenvalue weighted by Crippen LogP contribution is -1.99. The van der Waals surface area contributed by atoms with E-state index < -0.39 is 0 Å². The Hall–Kier alpha value is -4.49. The molecule has 180 valence electrons. The normalized spacial score (nSPS) is 11.7. The van der Waals surface area contributed by atoms with Crippen LogP contribution in [0.2, 0.25) is 0 Å². The lowest BCUT2D eigenvalue weighted by molar-refractivity contribution is 1.07. The third kappa shape index (κ3) is 6.39. The van der Waals surface area contributed by atoms with Gasteiger partial charge in [0.1, 0.15) is 0 Å². The van der Waals surface area contributed by atoms with Crippen LogP contribution in [-0.2, 0) is 6.54 Å². The van der Waals surface area contributed by atoms with E-state index in [1.807, 2.05) is 6.07 Å². The van der Waals surface area contributed by atoms with Gasteiger partial charge in [-0.15, -0.1) is 0 Å². The van der Waals surface area contributed by atoms with Crippen molar-refractivity contribution in [3.8, 4) is 22.3 Å². The molecule has 0 saturated heterocycles. The summed E-state index contributed by atoms with van der Waals surface area (Å²) in [7, 11) is 0. The van der Waals surface area contributed by atoms with Crippen molar-refractivity contribution < 1.29 is 0 Å². The Kier molecular flexibility index (Phi) is 7.52. The van der Waals surface area contributed by atoms with E-state index in [1.165, 1.54) is 38.9 Å². The number of nitrogens with zero attached hydrogens (tertiary/aromatic N) is 1. The van der Waals surface area contributed by atoms with Crippen molar-refractivity contribution in [2.24, 2.45) is 4.99 Å². The molecule has 5 rings (SSSR count). The maximum atomic E-state index is 5.03. The van der Waals surface area contributed by atoms with Gasteiger partial charge in [-0.1, -0.05) is 139 Å². The molecular formula is C36H31N. The molecule has 0 amide bonds. The molecule has 0 fully saturated rings. The van der Waals surface area contributed by atoms with Crippen molar-refractivity contribution in [3.63, 3.8) is 0 Å². The molecule has 0 aliphatic carbocycles. The second-order valence-electron chi connectivity index (χ2n) is 9.46. The van der Waals surface area contributed by atoms with Crippen LogP contribution < -0.4 is 0 Å². The quantitative estimate of drug-likeness (QED) is 0.207. The Labute approximate surface area is 220 Å². The van der Waals surface area contributed by atoms with Crippen LogP contribution >= 0.6 is 0 Å². The maximum absolute atomic E-state index is 5.03. The standard InChI is InChI=1S/C36H31N/c1-27-11-18-32(19-12-27)34-22-15-30(16-23-34)26-37-36(35-10-6-7-28(2)25-35)24-17-29-13-20-33(21-14-29)31-8-4-3-5-9-31/h3-25H,26H2,1-2H3/b24-17+,37-36?. The topological polar surface area (TPSA) is 12.4 Å². The van der Waals surface area contributed by atoms with Crippen LogP contribution in [-0.4, -0.2) is 5.71 Å². The SMILES string of the molecule is Cc1ccc(-c2ccc(CN=C(/C=C/c3ccc(-c4ccccc4)cc3)c3cccc(C)c3)cc2)cc1. The molecule has 5 aromatic rings. The fraction of sp³-hybridized carbons (Fsp3) is 0.0833. The summed E-state index contributed by atoms with van der Waals surface area (Å²) in [6.45, 7) is 4.87. The van der Waals surface area contributed by atoms with Gasteiger partial charge in [0, 0.05) is 0 Å². The highest BCUT2D eigenvalue weighted by Gasteiger charge is 2.03. The van der Waals surface area contributed by atoms with Crippen LogP contribution in [0.1, 0.15) is 27.8 Å². The number of aryl methyl sites for hydroxylation is 2. The van der Waals surface area contributed by atoms with E-state index in [-0.39, 0.29) is 0 Å². The Bertz CT molecular complexity index is 1510. The van der Waals surface area contributed by atoms with Crippen LogP contribution in [0.4, 0.5) is 0 Å². The van der Waals surface area contributed by atoms with Gasteiger partial charge in [-0.25, -0.2) is 0 Å². The Balaban J connectivity index is 1.36. The minimum atomic E-state index is 0.634. The van der Waals surface area contributed by atoms with Gasteiger partial charge in [0.05, 0.1) is 12.3 Å². The zero-order chi connectivity index (χ0) is 25.5. The van der Waals surface area contributed by atoms with Crippen LogP contribution in [0.15, 0.2) is 138 Å². The van der Waals surface area contributed by atoms with Gasteiger partial charge in [-0.05, 0) is 64.9 Å². The fourth-order valence-corrected chi connectivity index (χ4v) is 4.36. The first-order valence-corrected chi connectivity index (χ1v) is 12.8. The average Bonchev–Trinajstić information content (AvgIpc) is 2.95. The highest BCUT2D eigenvalue weighted by atomic mass is 14.7. The zero-order valence-corrected chi connectivity index (χ0v) is 21.4. The zero-order valence-electron chi connectivity index (χ0n) is 21.4. The molecular weight excluding hydrogens is 446 g/mol. The molecule has 5 aromatic carbocycles. The predicted octanol–water partition coefficient (Wildman–Crippen LogP) is 9.34. The minimum Gasteiger partial charge on any atom is -0.280 e. The van der Waals surface area contributed by atoms with Crippen molar-refractivity contribution in [2.45, 2.75) is 20.4 Å². The molecule has 0 aliphatic heterocycles. The summed E-state index contributed by atoms with van der Waals surface area (Å²) in [5.41, 5.74) is 11.9. The summed E-state index contributed by atoms with van der Waals surface area (Å²) in [5, 5.41) is 0. The summed E-state index contributed by atoms with van der Waals surface area (Å²) >= 11 is 0. The van der Waals surface area contributed by atoms with Crippen molar-refractivity contribution in [1.82, 2.24) is 0 Å². The van der Waals surface area contributed by atoms with E-state index in [1.54, 1.807) is 0 Å². The van der Waals surface area contributed by atoms with Crippen LogP contribution in [0.3, 0.4) is 0 Å². The van der Waals surface area contributed by atoms with Gasteiger partial charge in [0.15, 0.2) is 0 Å². The highest BCUT2D eigenvalue weighted by Crippen LogP contribution is 2.22. The molecule has 37 heavy (non-hydrogen) atoms. The number of rotatable bonds is 7. The number of hydrogen-bond donors (Lipinski definition) is 0. The lowest BCUT2D eigenvalue weighted by atomic mass is 10.0. The number of aliphatic imine (C=N–C) groups is 1. The molecule has 0 radical (unpaired) electrons. The molecule has 0 atom stereocenters. The van der Waals surface area contributed by atoms with Crippen molar-refractivity contribution in [1.29, 1.82) is 0 Å². The summed E-state index contributed by atoms with van der Waals surface area (Å²) in [6.07, 6.45) is 4.28.